The second-order valence-corrected chi connectivity index (χ2v) is 4.25. The third-order valence-corrected chi connectivity index (χ3v) is 3.09. The monoisotopic (exact) mass is 218 g/mol. The summed E-state index contributed by atoms with van der Waals surface area (Å²) in [7, 11) is 2.14. The van der Waals surface area contributed by atoms with E-state index in [2.05, 4.69) is 16.8 Å². The zero-order chi connectivity index (χ0) is 11.5. The van der Waals surface area contributed by atoms with Gasteiger partial charge in [-0.1, -0.05) is 0 Å². The van der Waals surface area contributed by atoms with E-state index in [9.17, 15) is 0 Å². The van der Waals surface area contributed by atoms with Crippen LogP contribution in [0, 0.1) is 5.41 Å². The van der Waals surface area contributed by atoms with E-state index < -0.39 is 0 Å². The van der Waals surface area contributed by atoms with Crippen LogP contribution < -0.4 is 10.6 Å². The smallest absolute Gasteiger partial charge is 0.0423 e. The number of piperazine rings is 1. The quantitative estimate of drug-likeness (QED) is 0.575. The van der Waals surface area contributed by atoms with E-state index in [-0.39, 0.29) is 0 Å². The molecule has 0 aromatic heterocycles. The van der Waals surface area contributed by atoms with Crippen LogP contribution in [-0.2, 0) is 0 Å². The van der Waals surface area contributed by atoms with Gasteiger partial charge in [-0.15, -0.1) is 0 Å². The van der Waals surface area contributed by atoms with Gasteiger partial charge in [0, 0.05) is 49.3 Å². The predicted octanol–water partition coefficient (Wildman–Crippen LogP) is 1.02. The molecule has 16 heavy (non-hydrogen) atoms. The molecule has 1 aromatic carbocycles. The average molecular weight is 218 g/mol. The van der Waals surface area contributed by atoms with Crippen LogP contribution in [0.1, 0.15) is 5.56 Å². The molecule has 1 aromatic rings. The van der Waals surface area contributed by atoms with Crippen molar-refractivity contribution in [3.63, 3.8) is 0 Å². The topological polar surface area (TPSA) is 56.4 Å². The lowest BCUT2D eigenvalue weighted by molar-refractivity contribution is 0.313. The van der Waals surface area contributed by atoms with Crippen molar-refractivity contribution in [1.82, 2.24) is 4.90 Å². The summed E-state index contributed by atoms with van der Waals surface area (Å²) in [5, 5.41) is 7.20. The number of nitrogens with one attached hydrogen (secondary N) is 1. The molecule has 3 N–H and O–H groups in total. The highest BCUT2D eigenvalue weighted by Gasteiger charge is 2.14. The molecule has 2 rings (SSSR count). The molecule has 0 atom stereocenters. The van der Waals surface area contributed by atoms with Gasteiger partial charge in [0.1, 0.15) is 0 Å². The lowest BCUT2D eigenvalue weighted by Gasteiger charge is -2.34. The maximum absolute atomic E-state index is 7.20. The first-order valence-corrected chi connectivity index (χ1v) is 5.54. The van der Waals surface area contributed by atoms with Gasteiger partial charge in [0.2, 0.25) is 0 Å². The van der Waals surface area contributed by atoms with Gasteiger partial charge in [-0.2, -0.15) is 0 Å². The molecule has 86 valence electrons. The van der Waals surface area contributed by atoms with E-state index in [1.54, 1.807) is 0 Å². The number of hydrogen-bond acceptors (Lipinski definition) is 4. The van der Waals surface area contributed by atoms with Gasteiger partial charge < -0.3 is 20.9 Å². The molecular formula is C12H18N4. The first-order chi connectivity index (χ1) is 7.70. The number of hydrogen-bond donors (Lipinski definition) is 2. The minimum Gasteiger partial charge on any atom is -0.398 e. The van der Waals surface area contributed by atoms with Crippen LogP contribution in [0.2, 0.25) is 0 Å². The summed E-state index contributed by atoms with van der Waals surface area (Å²) in [6, 6.07) is 5.92. The van der Waals surface area contributed by atoms with Crippen LogP contribution in [0.5, 0.6) is 0 Å². The van der Waals surface area contributed by atoms with Crippen molar-refractivity contribution in [2.45, 2.75) is 0 Å². The van der Waals surface area contributed by atoms with Crippen LogP contribution in [0.4, 0.5) is 11.4 Å². The summed E-state index contributed by atoms with van der Waals surface area (Å²) in [4.78, 5) is 4.66. The Hall–Kier alpha value is -1.55. The molecule has 1 heterocycles. The molecule has 0 aliphatic carbocycles. The van der Waals surface area contributed by atoms with Gasteiger partial charge in [0.15, 0.2) is 0 Å². The molecule has 1 aliphatic rings. The van der Waals surface area contributed by atoms with Crippen molar-refractivity contribution in [3.8, 4) is 0 Å². The fourth-order valence-corrected chi connectivity index (χ4v) is 1.95. The van der Waals surface area contributed by atoms with Gasteiger partial charge in [-0.05, 0) is 25.2 Å². The second-order valence-electron chi connectivity index (χ2n) is 4.25. The molecule has 0 unspecified atom stereocenters. The van der Waals surface area contributed by atoms with Gasteiger partial charge in [0.25, 0.3) is 0 Å². The number of nitrogens with two attached hydrogens (primary N) is 1. The summed E-state index contributed by atoms with van der Waals surface area (Å²) >= 11 is 0. The summed E-state index contributed by atoms with van der Waals surface area (Å²) in [6.45, 7) is 4.26. The molecule has 0 saturated carbocycles. The molecule has 1 fully saturated rings. The van der Waals surface area contributed by atoms with Gasteiger partial charge in [-0.25, -0.2) is 0 Å². The maximum Gasteiger partial charge on any atom is 0.0423 e. The highest BCUT2D eigenvalue weighted by Crippen LogP contribution is 2.21. The lowest BCUT2D eigenvalue weighted by Crippen LogP contribution is -2.44. The Morgan fingerprint density at radius 1 is 1.25 bits per heavy atom. The number of benzene rings is 1. The number of nitrogens with zero attached hydrogens (tertiary/aromatic N) is 2. The summed E-state index contributed by atoms with van der Waals surface area (Å²) in [5.74, 6) is 0. The minimum absolute atomic E-state index is 0.687. The second kappa shape index (κ2) is 4.53. The largest absolute Gasteiger partial charge is 0.398 e. The van der Waals surface area contributed by atoms with E-state index in [4.69, 9.17) is 11.1 Å². The van der Waals surface area contributed by atoms with Gasteiger partial charge >= 0.3 is 0 Å². The van der Waals surface area contributed by atoms with Crippen LogP contribution >= 0.6 is 0 Å². The van der Waals surface area contributed by atoms with Crippen molar-refractivity contribution in [3.05, 3.63) is 23.8 Å². The number of likely N-dealkylation sites (N-methyl/N-ethyl adjacent to an activating group) is 1. The van der Waals surface area contributed by atoms with E-state index in [1.807, 2.05) is 18.2 Å². The van der Waals surface area contributed by atoms with Gasteiger partial charge in [-0.3, -0.25) is 0 Å². The number of anilines is 2. The van der Waals surface area contributed by atoms with Crippen molar-refractivity contribution >= 4 is 17.6 Å². The fraction of sp³-hybridized carbons (Fsp3) is 0.417. The highest BCUT2D eigenvalue weighted by molar-refractivity contribution is 5.86. The van der Waals surface area contributed by atoms with Crippen molar-refractivity contribution in [1.29, 1.82) is 5.41 Å². The van der Waals surface area contributed by atoms with Crippen LogP contribution in [0.3, 0.4) is 0 Å². The summed E-state index contributed by atoms with van der Waals surface area (Å²) in [5.41, 5.74) is 8.52. The summed E-state index contributed by atoms with van der Waals surface area (Å²) in [6.07, 6.45) is 1.29. The molecule has 0 bridgehead atoms. The third-order valence-electron chi connectivity index (χ3n) is 3.09. The minimum atomic E-state index is 0.687. The van der Waals surface area contributed by atoms with E-state index >= 15 is 0 Å². The Balaban J connectivity index is 2.15. The maximum atomic E-state index is 7.20. The predicted molar refractivity (Wildman–Crippen MR) is 68.5 cm³/mol. The average Bonchev–Trinajstić information content (AvgIpc) is 2.30. The third kappa shape index (κ3) is 2.17. The molecule has 0 radical (unpaired) electrons. The first kappa shape index (κ1) is 11.0. The van der Waals surface area contributed by atoms with E-state index in [0.29, 0.717) is 5.69 Å². The lowest BCUT2D eigenvalue weighted by atomic mass is 10.1. The van der Waals surface area contributed by atoms with Gasteiger partial charge in [0.05, 0.1) is 0 Å². The number of rotatable bonds is 2. The normalized spacial score (nSPS) is 17.4. The fourth-order valence-electron chi connectivity index (χ4n) is 1.95. The zero-order valence-corrected chi connectivity index (χ0v) is 9.61. The molecule has 4 nitrogen and oxygen atoms in total. The van der Waals surface area contributed by atoms with Crippen LogP contribution in [0.25, 0.3) is 0 Å². The SMILES string of the molecule is CN1CCN(c2ccc(C=N)c(N)c2)CC1. The van der Waals surface area contributed by atoms with Crippen LogP contribution in [0.15, 0.2) is 18.2 Å². The van der Waals surface area contributed by atoms with Crippen molar-refractivity contribution in [2.75, 3.05) is 43.9 Å². The van der Waals surface area contributed by atoms with Crippen LogP contribution in [-0.4, -0.2) is 44.3 Å². The highest BCUT2D eigenvalue weighted by atomic mass is 15.2. The Labute approximate surface area is 96.2 Å². The molecular weight excluding hydrogens is 200 g/mol. The molecule has 4 heteroatoms. The molecule has 1 saturated heterocycles. The Kier molecular flexibility index (Phi) is 3.10. The van der Waals surface area contributed by atoms with E-state index in [1.165, 1.54) is 6.21 Å². The molecule has 1 aliphatic heterocycles. The Morgan fingerprint density at radius 3 is 2.50 bits per heavy atom. The van der Waals surface area contributed by atoms with Crippen molar-refractivity contribution in [2.24, 2.45) is 0 Å². The Bertz CT molecular complexity index is 381. The standard InChI is InChI=1S/C12H18N4/c1-15-4-6-16(7-5-15)11-3-2-10(9-13)12(14)8-11/h2-3,8-9,13H,4-7,14H2,1H3. The zero-order valence-electron chi connectivity index (χ0n) is 9.61. The van der Waals surface area contributed by atoms with Crippen molar-refractivity contribution < 1.29 is 0 Å². The molecule has 0 spiro atoms. The Morgan fingerprint density at radius 2 is 1.94 bits per heavy atom. The molecule has 0 amide bonds. The number of nitrogen functional groups attached to an aromatic ring is 1. The first-order valence-electron chi connectivity index (χ1n) is 5.54. The summed E-state index contributed by atoms with van der Waals surface area (Å²) < 4.78 is 0. The van der Waals surface area contributed by atoms with E-state index in [0.717, 1.165) is 37.4 Å².